The van der Waals surface area contributed by atoms with E-state index in [9.17, 15) is 19.7 Å². The highest BCUT2D eigenvalue weighted by Gasteiger charge is 2.15. The van der Waals surface area contributed by atoms with Gasteiger partial charge in [-0.3, -0.25) is 14.9 Å². The molecule has 1 unspecified atom stereocenters. The summed E-state index contributed by atoms with van der Waals surface area (Å²) in [5.41, 5.74) is 3.81. The van der Waals surface area contributed by atoms with Crippen molar-refractivity contribution in [3.05, 3.63) is 98.6 Å². The van der Waals surface area contributed by atoms with E-state index in [0.29, 0.717) is 16.3 Å². The predicted molar refractivity (Wildman–Crippen MR) is 127 cm³/mol. The zero-order valence-electron chi connectivity index (χ0n) is 18.2. The molecule has 0 saturated heterocycles. The summed E-state index contributed by atoms with van der Waals surface area (Å²) in [6.07, 6.45) is 0.590. The molecule has 1 amide bonds. The highest BCUT2D eigenvalue weighted by Crippen LogP contribution is 2.23. The Morgan fingerprint density at radius 3 is 2.53 bits per heavy atom. The van der Waals surface area contributed by atoms with Crippen LogP contribution in [0.5, 0.6) is 11.5 Å². The first-order chi connectivity index (χ1) is 16.2. The molecule has 10 heteroatoms. The van der Waals surface area contributed by atoms with Crippen LogP contribution >= 0.6 is 11.6 Å². The molecule has 9 nitrogen and oxygen atoms in total. The van der Waals surface area contributed by atoms with Gasteiger partial charge in [0.1, 0.15) is 11.5 Å². The predicted octanol–water partition coefficient (Wildman–Crippen LogP) is 4.69. The van der Waals surface area contributed by atoms with Gasteiger partial charge in [-0.05, 0) is 67.4 Å². The Morgan fingerprint density at radius 1 is 1.12 bits per heavy atom. The number of esters is 1. The van der Waals surface area contributed by atoms with Crippen LogP contribution in [0, 0.1) is 17.0 Å². The van der Waals surface area contributed by atoms with Crippen molar-refractivity contribution in [2.75, 3.05) is 0 Å². The summed E-state index contributed by atoms with van der Waals surface area (Å²) in [6.45, 7) is 3.42. The van der Waals surface area contributed by atoms with Crippen molar-refractivity contribution in [1.82, 2.24) is 5.43 Å². The molecule has 0 aliphatic heterocycles. The number of nitrogens with zero attached hydrogens (tertiary/aromatic N) is 2. The minimum atomic E-state index is -0.800. The number of aryl methyl sites for hydroxylation is 1. The lowest BCUT2D eigenvalue weighted by atomic mass is 10.2. The largest absolute Gasteiger partial charge is 0.481 e. The van der Waals surface area contributed by atoms with Crippen LogP contribution in [0.1, 0.15) is 28.4 Å². The van der Waals surface area contributed by atoms with E-state index >= 15 is 0 Å². The van der Waals surface area contributed by atoms with E-state index in [4.69, 9.17) is 21.1 Å². The van der Waals surface area contributed by atoms with Crippen LogP contribution in [-0.4, -0.2) is 29.1 Å². The number of benzene rings is 3. The molecule has 0 aromatic heterocycles. The standard InChI is InChI=1S/C24H20ClN3O6/c1-15-12-19(25)8-11-22(15)33-16(2)23(29)27-26-14-17-4-3-5-21(13-17)34-24(30)18-6-9-20(10-7-18)28(31)32/h3-14,16H,1-2H3,(H,27,29). The number of rotatable bonds is 8. The second-order valence-electron chi connectivity index (χ2n) is 7.17. The van der Waals surface area contributed by atoms with Crippen LogP contribution in [0.25, 0.3) is 0 Å². The molecule has 0 fully saturated rings. The lowest BCUT2D eigenvalue weighted by molar-refractivity contribution is -0.384. The molecule has 1 N–H and O–H groups in total. The lowest BCUT2D eigenvalue weighted by Crippen LogP contribution is -2.33. The van der Waals surface area contributed by atoms with Gasteiger partial charge in [0.05, 0.1) is 16.7 Å². The number of hydrogen-bond donors (Lipinski definition) is 1. The van der Waals surface area contributed by atoms with Gasteiger partial charge in [0.15, 0.2) is 6.10 Å². The average molecular weight is 482 g/mol. The van der Waals surface area contributed by atoms with Gasteiger partial charge in [-0.15, -0.1) is 0 Å². The summed E-state index contributed by atoms with van der Waals surface area (Å²) in [5, 5.41) is 15.2. The van der Waals surface area contributed by atoms with Crippen LogP contribution in [0.4, 0.5) is 5.69 Å². The fraction of sp³-hybridized carbons (Fsp3) is 0.125. The van der Waals surface area contributed by atoms with Gasteiger partial charge in [0, 0.05) is 17.2 Å². The minimum absolute atomic E-state index is 0.125. The number of carbonyl (C=O) groups excluding carboxylic acids is 2. The molecule has 0 spiro atoms. The zero-order chi connectivity index (χ0) is 24.7. The van der Waals surface area contributed by atoms with Gasteiger partial charge in [-0.2, -0.15) is 5.10 Å². The fourth-order valence-corrected chi connectivity index (χ4v) is 3.02. The van der Waals surface area contributed by atoms with Crippen molar-refractivity contribution < 1.29 is 24.0 Å². The van der Waals surface area contributed by atoms with Crippen LogP contribution < -0.4 is 14.9 Å². The number of halogens is 1. The van der Waals surface area contributed by atoms with E-state index in [1.807, 2.05) is 6.92 Å². The molecular formula is C24H20ClN3O6. The Labute approximate surface area is 200 Å². The normalized spacial score (nSPS) is 11.6. The molecule has 3 aromatic rings. The van der Waals surface area contributed by atoms with Gasteiger partial charge in [-0.25, -0.2) is 10.2 Å². The summed E-state index contributed by atoms with van der Waals surface area (Å²) >= 11 is 5.92. The third kappa shape index (κ3) is 6.63. The van der Waals surface area contributed by atoms with E-state index in [1.165, 1.54) is 30.5 Å². The Kier molecular flexibility index (Phi) is 7.94. The number of amides is 1. The minimum Gasteiger partial charge on any atom is -0.481 e. The molecule has 0 saturated carbocycles. The topological polar surface area (TPSA) is 120 Å². The number of nitro benzene ring substituents is 1. The summed E-state index contributed by atoms with van der Waals surface area (Å²) in [7, 11) is 0. The summed E-state index contributed by atoms with van der Waals surface area (Å²) in [6, 6.07) is 16.7. The van der Waals surface area contributed by atoms with Gasteiger partial charge >= 0.3 is 5.97 Å². The van der Waals surface area contributed by atoms with Crippen LogP contribution in [0.15, 0.2) is 71.8 Å². The monoisotopic (exact) mass is 481 g/mol. The fourth-order valence-electron chi connectivity index (χ4n) is 2.79. The third-order valence-corrected chi connectivity index (χ3v) is 4.82. The maximum absolute atomic E-state index is 12.3. The highest BCUT2D eigenvalue weighted by atomic mass is 35.5. The van der Waals surface area contributed by atoms with Crippen LogP contribution in [0.2, 0.25) is 5.02 Å². The van der Waals surface area contributed by atoms with Crippen LogP contribution in [0.3, 0.4) is 0 Å². The molecule has 3 aromatic carbocycles. The van der Waals surface area contributed by atoms with E-state index in [1.54, 1.807) is 49.4 Å². The average Bonchev–Trinajstić information content (AvgIpc) is 2.81. The van der Waals surface area contributed by atoms with Crippen molar-refractivity contribution in [2.24, 2.45) is 5.10 Å². The number of ether oxygens (including phenoxy) is 2. The number of hydrogen-bond acceptors (Lipinski definition) is 7. The second-order valence-corrected chi connectivity index (χ2v) is 7.61. The Hall–Kier alpha value is -4.24. The summed E-state index contributed by atoms with van der Waals surface area (Å²) in [4.78, 5) is 34.7. The van der Waals surface area contributed by atoms with Crippen molar-refractivity contribution in [2.45, 2.75) is 20.0 Å². The SMILES string of the molecule is Cc1cc(Cl)ccc1OC(C)C(=O)NN=Cc1cccc(OC(=O)c2ccc([N+](=O)[O-])cc2)c1. The van der Waals surface area contributed by atoms with Crippen LogP contribution in [-0.2, 0) is 4.79 Å². The molecule has 0 radical (unpaired) electrons. The maximum Gasteiger partial charge on any atom is 0.343 e. The molecule has 0 heterocycles. The smallest absolute Gasteiger partial charge is 0.343 e. The van der Waals surface area contributed by atoms with Gasteiger partial charge in [-0.1, -0.05) is 23.7 Å². The number of hydrazone groups is 1. The molecular weight excluding hydrogens is 462 g/mol. The molecule has 0 bridgehead atoms. The maximum atomic E-state index is 12.3. The summed E-state index contributed by atoms with van der Waals surface area (Å²) < 4.78 is 11.0. The van der Waals surface area contributed by atoms with Gasteiger partial charge in [0.2, 0.25) is 0 Å². The van der Waals surface area contributed by atoms with Crippen molar-refractivity contribution in [3.63, 3.8) is 0 Å². The van der Waals surface area contributed by atoms with E-state index < -0.39 is 22.9 Å². The molecule has 0 aliphatic carbocycles. The Balaban J connectivity index is 1.56. The molecule has 1 atom stereocenters. The number of nitrogens with one attached hydrogen (secondary N) is 1. The van der Waals surface area contributed by atoms with Gasteiger partial charge < -0.3 is 9.47 Å². The quantitative estimate of drug-likeness (QED) is 0.164. The molecule has 0 aliphatic rings. The number of carbonyl (C=O) groups is 2. The molecule has 34 heavy (non-hydrogen) atoms. The zero-order valence-corrected chi connectivity index (χ0v) is 19.0. The van der Waals surface area contributed by atoms with Crippen molar-refractivity contribution in [3.8, 4) is 11.5 Å². The van der Waals surface area contributed by atoms with Crippen molar-refractivity contribution in [1.29, 1.82) is 0 Å². The van der Waals surface area contributed by atoms with Crippen molar-refractivity contribution >= 4 is 35.4 Å². The first kappa shape index (κ1) is 24.4. The summed E-state index contributed by atoms with van der Waals surface area (Å²) in [5.74, 6) is -0.334. The Bertz CT molecular complexity index is 1240. The third-order valence-electron chi connectivity index (χ3n) is 4.58. The first-order valence-electron chi connectivity index (χ1n) is 10.1. The van der Waals surface area contributed by atoms with E-state index in [0.717, 1.165) is 5.56 Å². The number of non-ortho nitro benzene ring substituents is 1. The number of nitro groups is 1. The highest BCUT2D eigenvalue weighted by molar-refractivity contribution is 6.30. The first-order valence-corrected chi connectivity index (χ1v) is 10.4. The van der Waals surface area contributed by atoms with Gasteiger partial charge in [0.25, 0.3) is 11.6 Å². The van der Waals surface area contributed by atoms with E-state index in [2.05, 4.69) is 10.5 Å². The molecule has 3 rings (SSSR count). The lowest BCUT2D eigenvalue weighted by Gasteiger charge is -2.14. The molecule has 174 valence electrons. The second kappa shape index (κ2) is 11.1. The van der Waals surface area contributed by atoms with E-state index in [-0.39, 0.29) is 17.0 Å². The Morgan fingerprint density at radius 2 is 1.85 bits per heavy atom.